The van der Waals surface area contributed by atoms with E-state index < -0.39 is 0 Å². The number of fused-ring (bicyclic) bond motifs is 1. The van der Waals surface area contributed by atoms with Crippen molar-refractivity contribution in [1.82, 2.24) is 15.6 Å². The van der Waals surface area contributed by atoms with Crippen molar-refractivity contribution in [3.8, 4) is 5.75 Å². The zero-order valence-electron chi connectivity index (χ0n) is 19.3. The molecule has 3 rings (SSSR count). The SMILES string of the molecule is CCCC1=NN(C)C2C(=NCc3ccc(OC)c(Cl)c3)NC(CNCCCCCO)=NC12. The fraction of sp³-hybridized carbons (Fsp3) is 0.609. The highest BCUT2D eigenvalue weighted by atomic mass is 35.5. The van der Waals surface area contributed by atoms with Crippen LogP contribution in [0.25, 0.3) is 0 Å². The van der Waals surface area contributed by atoms with Crippen molar-refractivity contribution < 1.29 is 9.84 Å². The van der Waals surface area contributed by atoms with E-state index in [1.54, 1.807) is 7.11 Å². The van der Waals surface area contributed by atoms with Gasteiger partial charge in [-0.25, -0.2) is 0 Å². The van der Waals surface area contributed by atoms with Gasteiger partial charge in [-0.1, -0.05) is 31.0 Å². The van der Waals surface area contributed by atoms with E-state index in [1.165, 1.54) is 0 Å². The highest BCUT2D eigenvalue weighted by Crippen LogP contribution is 2.26. The smallest absolute Gasteiger partial charge is 0.137 e. The number of aliphatic hydroxyl groups is 1. The van der Waals surface area contributed by atoms with Gasteiger partial charge in [0.15, 0.2) is 0 Å². The number of nitrogens with one attached hydrogen (secondary N) is 2. The molecule has 0 bridgehead atoms. The number of halogens is 1. The monoisotopic (exact) mass is 462 g/mol. The lowest BCUT2D eigenvalue weighted by Crippen LogP contribution is -2.56. The molecule has 0 radical (unpaired) electrons. The Balaban J connectivity index is 1.72. The molecule has 8 nitrogen and oxygen atoms in total. The molecule has 0 saturated carbocycles. The first-order valence-electron chi connectivity index (χ1n) is 11.4. The van der Waals surface area contributed by atoms with Gasteiger partial charge in [0, 0.05) is 13.7 Å². The number of nitrogens with zero attached hydrogens (tertiary/aromatic N) is 4. The van der Waals surface area contributed by atoms with Crippen LogP contribution in [0.5, 0.6) is 5.75 Å². The molecular formula is C23H35ClN6O2. The molecule has 0 spiro atoms. The third-order valence-electron chi connectivity index (χ3n) is 5.64. The Morgan fingerprint density at radius 1 is 1.31 bits per heavy atom. The number of ether oxygens (including phenoxy) is 1. The number of aliphatic imine (C=N–C) groups is 2. The number of methoxy groups -OCH3 is 1. The summed E-state index contributed by atoms with van der Waals surface area (Å²) >= 11 is 6.29. The molecular weight excluding hydrogens is 428 g/mol. The minimum absolute atomic E-state index is 0.00871. The lowest BCUT2D eigenvalue weighted by atomic mass is 9.99. The highest BCUT2D eigenvalue weighted by molar-refractivity contribution is 6.32. The number of hydrazone groups is 1. The fourth-order valence-corrected chi connectivity index (χ4v) is 4.29. The summed E-state index contributed by atoms with van der Waals surface area (Å²) < 4.78 is 5.25. The number of hydrogen-bond acceptors (Lipinski definition) is 7. The Morgan fingerprint density at radius 3 is 2.88 bits per heavy atom. The van der Waals surface area contributed by atoms with Gasteiger partial charge >= 0.3 is 0 Å². The standard InChI is InChI=1S/C23H35ClN6O2/c1-4-8-18-21-22(30(2)29-18)23(26-14-16-9-10-19(32-3)17(24)13-16)28-20(27-21)15-25-11-6-5-7-12-31/h9-10,13,21-22,25,31H,4-8,11-12,14-15H2,1-3H3,(H,26,27,28). The van der Waals surface area contributed by atoms with E-state index in [9.17, 15) is 0 Å². The van der Waals surface area contributed by atoms with Crippen molar-refractivity contribution in [2.24, 2.45) is 15.1 Å². The Hall–Kier alpha value is -2.16. The summed E-state index contributed by atoms with van der Waals surface area (Å²) in [4.78, 5) is 9.89. The third kappa shape index (κ3) is 6.21. The second kappa shape index (κ2) is 12.2. The summed E-state index contributed by atoms with van der Waals surface area (Å²) in [5, 5.41) is 23.1. The van der Waals surface area contributed by atoms with Crippen LogP contribution in [0.4, 0.5) is 0 Å². The Labute approximate surface area is 195 Å². The minimum atomic E-state index is -0.0152. The number of aliphatic hydroxyl groups excluding tert-OH is 1. The molecule has 0 amide bonds. The Kier molecular flexibility index (Phi) is 9.32. The van der Waals surface area contributed by atoms with Gasteiger partial charge in [-0.3, -0.25) is 15.0 Å². The zero-order valence-corrected chi connectivity index (χ0v) is 20.0. The van der Waals surface area contributed by atoms with Gasteiger partial charge in [0.1, 0.15) is 29.5 Å². The summed E-state index contributed by atoms with van der Waals surface area (Å²) in [6.45, 7) is 4.47. The first kappa shape index (κ1) is 24.5. The van der Waals surface area contributed by atoms with Crippen LogP contribution in [-0.4, -0.2) is 73.4 Å². The predicted octanol–water partition coefficient (Wildman–Crippen LogP) is 2.84. The third-order valence-corrected chi connectivity index (χ3v) is 5.93. The normalized spacial score (nSPS) is 21.3. The van der Waals surface area contributed by atoms with Crippen molar-refractivity contribution in [1.29, 1.82) is 0 Å². The van der Waals surface area contributed by atoms with Crippen molar-refractivity contribution >= 4 is 29.0 Å². The maximum Gasteiger partial charge on any atom is 0.137 e. The minimum Gasteiger partial charge on any atom is -0.495 e. The molecule has 176 valence electrons. The van der Waals surface area contributed by atoms with Gasteiger partial charge < -0.3 is 20.5 Å². The largest absolute Gasteiger partial charge is 0.495 e. The van der Waals surface area contributed by atoms with Crippen molar-refractivity contribution in [2.45, 2.75) is 57.7 Å². The van der Waals surface area contributed by atoms with Crippen LogP contribution in [0.3, 0.4) is 0 Å². The maximum absolute atomic E-state index is 8.92. The average molecular weight is 463 g/mol. The van der Waals surface area contributed by atoms with Crippen molar-refractivity contribution in [3.05, 3.63) is 28.8 Å². The van der Waals surface area contributed by atoms with E-state index in [0.29, 0.717) is 23.9 Å². The van der Waals surface area contributed by atoms with Gasteiger partial charge in [-0.15, -0.1) is 0 Å². The number of likely N-dealkylation sites (N-methyl/N-ethyl adjacent to an activating group) is 1. The molecule has 2 aliphatic rings. The molecule has 2 unspecified atom stereocenters. The first-order chi connectivity index (χ1) is 15.6. The summed E-state index contributed by atoms with van der Waals surface area (Å²) in [6, 6.07) is 5.72. The van der Waals surface area contributed by atoms with E-state index in [4.69, 9.17) is 36.5 Å². The Bertz CT molecular complexity index is 857. The molecule has 0 fully saturated rings. The van der Waals surface area contributed by atoms with Crippen LogP contribution in [0.15, 0.2) is 33.3 Å². The summed E-state index contributed by atoms with van der Waals surface area (Å²) in [5.41, 5.74) is 2.13. The predicted molar refractivity (Wildman–Crippen MR) is 131 cm³/mol. The van der Waals surface area contributed by atoms with Gasteiger partial charge in [-0.05, 0) is 49.9 Å². The number of unbranched alkanes of at least 4 members (excludes halogenated alkanes) is 2. The van der Waals surface area contributed by atoms with Crippen LogP contribution < -0.4 is 15.4 Å². The van der Waals surface area contributed by atoms with Crippen LogP contribution in [0.1, 0.15) is 44.6 Å². The second-order valence-electron chi connectivity index (χ2n) is 8.14. The summed E-state index contributed by atoms with van der Waals surface area (Å²) in [7, 11) is 3.60. The summed E-state index contributed by atoms with van der Waals surface area (Å²) in [6.07, 6.45) is 4.86. The quantitative estimate of drug-likeness (QED) is 0.415. The first-order valence-corrected chi connectivity index (χ1v) is 11.8. The lowest BCUT2D eigenvalue weighted by molar-refractivity contribution is 0.283. The van der Waals surface area contributed by atoms with Crippen LogP contribution in [0.2, 0.25) is 5.02 Å². The maximum atomic E-state index is 8.92. The number of amidine groups is 2. The zero-order chi connectivity index (χ0) is 22.9. The van der Waals surface area contributed by atoms with E-state index >= 15 is 0 Å². The Morgan fingerprint density at radius 2 is 2.16 bits per heavy atom. The van der Waals surface area contributed by atoms with Crippen molar-refractivity contribution in [2.75, 3.05) is 33.9 Å². The van der Waals surface area contributed by atoms with Gasteiger partial charge in [-0.2, -0.15) is 5.10 Å². The molecule has 32 heavy (non-hydrogen) atoms. The topological polar surface area (TPSA) is 93.8 Å². The molecule has 1 aromatic rings. The molecule has 2 atom stereocenters. The summed E-state index contributed by atoms with van der Waals surface area (Å²) in [5.74, 6) is 2.43. The number of hydrogen-bond donors (Lipinski definition) is 3. The molecule has 9 heteroatoms. The van der Waals surface area contributed by atoms with E-state index in [2.05, 4.69) is 17.6 Å². The van der Waals surface area contributed by atoms with E-state index in [-0.39, 0.29) is 18.7 Å². The van der Waals surface area contributed by atoms with Gasteiger partial charge in [0.05, 0.1) is 30.9 Å². The van der Waals surface area contributed by atoms with Crippen LogP contribution in [-0.2, 0) is 6.54 Å². The van der Waals surface area contributed by atoms with Crippen LogP contribution in [0, 0.1) is 0 Å². The second-order valence-corrected chi connectivity index (χ2v) is 8.54. The highest BCUT2D eigenvalue weighted by Gasteiger charge is 2.41. The average Bonchev–Trinajstić information content (AvgIpc) is 3.10. The lowest BCUT2D eigenvalue weighted by Gasteiger charge is -2.31. The molecule has 0 aliphatic carbocycles. The molecule has 1 aromatic carbocycles. The molecule has 3 N–H and O–H groups in total. The number of rotatable bonds is 12. The number of benzene rings is 1. The molecule has 2 heterocycles. The van der Waals surface area contributed by atoms with E-state index in [0.717, 1.165) is 61.6 Å². The van der Waals surface area contributed by atoms with Crippen molar-refractivity contribution in [3.63, 3.8) is 0 Å². The van der Waals surface area contributed by atoms with Crippen LogP contribution >= 0.6 is 11.6 Å². The van der Waals surface area contributed by atoms with E-state index in [1.807, 2.05) is 30.3 Å². The van der Waals surface area contributed by atoms with Gasteiger partial charge in [0.25, 0.3) is 0 Å². The molecule has 2 aliphatic heterocycles. The fourth-order valence-electron chi connectivity index (χ4n) is 4.01. The molecule has 0 saturated heterocycles. The molecule has 0 aromatic heterocycles. The van der Waals surface area contributed by atoms with Gasteiger partial charge in [0.2, 0.25) is 0 Å².